The first-order valence-electron chi connectivity index (χ1n) is 8.37. The summed E-state index contributed by atoms with van der Waals surface area (Å²) in [6.45, 7) is 0.505. The highest BCUT2D eigenvalue weighted by Gasteiger charge is 2.19. The summed E-state index contributed by atoms with van der Waals surface area (Å²) in [5.41, 5.74) is 1.71. The van der Waals surface area contributed by atoms with Crippen molar-refractivity contribution < 1.29 is 9.53 Å². The lowest BCUT2D eigenvalue weighted by molar-refractivity contribution is 0.209. The van der Waals surface area contributed by atoms with E-state index in [9.17, 15) is 4.79 Å². The van der Waals surface area contributed by atoms with Gasteiger partial charge < -0.3 is 15.0 Å². The highest BCUT2D eigenvalue weighted by atomic mass is 16.5. The number of anilines is 1. The quantitative estimate of drug-likeness (QED) is 0.915. The van der Waals surface area contributed by atoms with Crippen molar-refractivity contribution in [3.63, 3.8) is 0 Å². The third-order valence-electron chi connectivity index (χ3n) is 4.25. The number of aromatic nitrogens is 2. The Hall–Kier alpha value is -2.50. The Morgan fingerprint density at radius 3 is 2.83 bits per heavy atom. The standard InChI is InChI=1S/C18H24N4O2/c1-21(12-14-11-19-22(2)13-14)18(23)20-16-9-5-6-10-17(16)24-15-7-3-4-8-15/h5-6,9-11,13,15H,3-4,7-8,12H2,1-2H3,(H,20,23). The minimum absolute atomic E-state index is 0.165. The molecule has 6 nitrogen and oxygen atoms in total. The van der Waals surface area contributed by atoms with Crippen molar-refractivity contribution in [3.05, 3.63) is 42.2 Å². The summed E-state index contributed by atoms with van der Waals surface area (Å²) in [5.74, 6) is 0.743. The molecule has 24 heavy (non-hydrogen) atoms. The molecule has 0 saturated heterocycles. The predicted octanol–water partition coefficient (Wildman–Crippen LogP) is 3.41. The number of carbonyl (C=O) groups is 1. The molecule has 1 heterocycles. The van der Waals surface area contributed by atoms with Crippen LogP contribution in [0.3, 0.4) is 0 Å². The van der Waals surface area contributed by atoms with Gasteiger partial charge in [0.2, 0.25) is 0 Å². The number of benzene rings is 1. The van der Waals surface area contributed by atoms with Crippen LogP contribution in [0.5, 0.6) is 5.75 Å². The molecule has 128 valence electrons. The second-order valence-electron chi connectivity index (χ2n) is 6.33. The Morgan fingerprint density at radius 1 is 1.38 bits per heavy atom. The maximum Gasteiger partial charge on any atom is 0.321 e. The van der Waals surface area contributed by atoms with Gasteiger partial charge >= 0.3 is 6.03 Å². The normalized spacial score (nSPS) is 14.6. The molecule has 0 unspecified atom stereocenters. The third kappa shape index (κ3) is 4.07. The molecule has 0 spiro atoms. The average molecular weight is 328 g/mol. The van der Waals surface area contributed by atoms with Gasteiger partial charge in [-0.2, -0.15) is 5.10 Å². The predicted molar refractivity (Wildman–Crippen MR) is 93.0 cm³/mol. The molecule has 0 radical (unpaired) electrons. The maximum atomic E-state index is 12.4. The van der Waals surface area contributed by atoms with E-state index in [1.54, 1.807) is 22.8 Å². The lowest BCUT2D eigenvalue weighted by Crippen LogP contribution is -2.31. The molecule has 6 heteroatoms. The van der Waals surface area contributed by atoms with E-state index in [1.165, 1.54) is 12.8 Å². The number of carbonyl (C=O) groups excluding carboxylic acids is 1. The topological polar surface area (TPSA) is 59.4 Å². The number of ether oxygens (including phenoxy) is 1. The Balaban J connectivity index is 1.62. The van der Waals surface area contributed by atoms with Crippen molar-refractivity contribution in [1.82, 2.24) is 14.7 Å². The fourth-order valence-electron chi connectivity index (χ4n) is 2.97. The molecule has 2 aromatic rings. The molecule has 0 atom stereocenters. The van der Waals surface area contributed by atoms with E-state index in [4.69, 9.17) is 4.74 Å². The molecule has 2 amide bonds. The van der Waals surface area contributed by atoms with E-state index in [0.29, 0.717) is 12.2 Å². The van der Waals surface area contributed by atoms with E-state index in [1.807, 2.05) is 37.5 Å². The van der Waals surface area contributed by atoms with Gasteiger partial charge in [0, 0.05) is 25.9 Å². The second kappa shape index (κ2) is 7.38. The van der Waals surface area contributed by atoms with Crippen LogP contribution in [0.25, 0.3) is 0 Å². The minimum Gasteiger partial charge on any atom is -0.488 e. The molecule has 0 aliphatic heterocycles. The largest absolute Gasteiger partial charge is 0.488 e. The van der Waals surface area contributed by atoms with Gasteiger partial charge in [-0.15, -0.1) is 0 Å². The average Bonchev–Trinajstić information content (AvgIpc) is 3.21. The molecular formula is C18H24N4O2. The molecular weight excluding hydrogens is 304 g/mol. The van der Waals surface area contributed by atoms with Crippen LogP contribution in [-0.4, -0.2) is 33.9 Å². The Bertz CT molecular complexity index is 692. The van der Waals surface area contributed by atoms with E-state index >= 15 is 0 Å². The first-order valence-corrected chi connectivity index (χ1v) is 8.37. The molecule has 1 aromatic heterocycles. The zero-order chi connectivity index (χ0) is 16.9. The SMILES string of the molecule is CN(Cc1cnn(C)c1)C(=O)Nc1ccccc1OC1CCCC1. The monoisotopic (exact) mass is 328 g/mol. The smallest absolute Gasteiger partial charge is 0.321 e. The highest BCUT2D eigenvalue weighted by molar-refractivity contribution is 5.90. The van der Waals surface area contributed by atoms with Crippen LogP contribution in [0.1, 0.15) is 31.2 Å². The Morgan fingerprint density at radius 2 is 2.12 bits per heavy atom. The van der Waals surface area contributed by atoms with Gasteiger partial charge in [0.05, 0.1) is 24.5 Å². The lowest BCUT2D eigenvalue weighted by atomic mass is 10.2. The number of hydrogen-bond donors (Lipinski definition) is 1. The molecule has 3 rings (SSSR count). The number of rotatable bonds is 5. The van der Waals surface area contributed by atoms with Gasteiger partial charge in [0.25, 0.3) is 0 Å². The van der Waals surface area contributed by atoms with Crippen LogP contribution in [0.2, 0.25) is 0 Å². The summed E-state index contributed by atoms with van der Waals surface area (Å²) in [7, 11) is 3.63. The summed E-state index contributed by atoms with van der Waals surface area (Å²) in [6, 6.07) is 7.45. The zero-order valence-corrected chi connectivity index (χ0v) is 14.2. The van der Waals surface area contributed by atoms with Crippen LogP contribution < -0.4 is 10.1 Å². The van der Waals surface area contributed by atoms with Crippen LogP contribution in [0.15, 0.2) is 36.7 Å². The Kier molecular flexibility index (Phi) is 5.03. The first kappa shape index (κ1) is 16.4. The molecule has 1 aliphatic rings. The van der Waals surface area contributed by atoms with Crippen LogP contribution >= 0.6 is 0 Å². The molecule has 1 aromatic carbocycles. The number of hydrogen-bond acceptors (Lipinski definition) is 3. The van der Waals surface area contributed by atoms with Gasteiger partial charge in [-0.3, -0.25) is 4.68 Å². The van der Waals surface area contributed by atoms with Gasteiger partial charge in [-0.25, -0.2) is 4.79 Å². The van der Waals surface area contributed by atoms with Crippen molar-refractivity contribution in [2.45, 2.75) is 38.3 Å². The summed E-state index contributed by atoms with van der Waals surface area (Å²) >= 11 is 0. The van der Waals surface area contributed by atoms with E-state index in [0.717, 1.165) is 24.2 Å². The van der Waals surface area contributed by atoms with Gasteiger partial charge in [-0.05, 0) is 37.8 Å². The molecule has 1 saturated carbocycles. The molecule has 1 fully saturated rings. The van der Waals surface area contributed by atoms with Gasteiger partial charge in [0.15, 0.2) is 0 Å². The van der Waals surface area contributed by atoms with E-state index in [2.05, 4.69) is 10.4 Å². The van der Waals surface area contributed by atoms with Crippen molar-refractivity contribution in [2.24, 2.45) is 7.05 Å². The van der Waals surface area contributed by atoms with Gasteiger partial charge in [-0.1, -0.05) is 12.1 Å². The summed E-state index contributed by atoms with van der Waals surface area (Å²) in [6.07, 6.45) is 8.53. The van der Waals surface area contributed by atoms with Crippen molar-refractivity contribution >= 4 is 11.7 Å². The fraction of sp³-hybridized carbons (Fsp3) is 0.444. The van der Waals surface area contributed by atoms with Crippen LogP contribution in [0.4, 0.5) is 10.5 Å². The lowest BCUT2D eigenvalue weighted by Gasteiger charge is -2.20. The van der Waals surface area contributed by atoms with Crippen LogP contribution in [0, 0.1) is 0 Å². The number of amides is 2. The van der Waals surface area contributed by atoms with Gasteiger partial charge in [0.1, 0.15) is 5.75 Å². The van der Waals surface area contributed by atoms with E-state index < -0.39 is 0 Å². The number of aryl methyl sites for hydroxylation is 1. The summed E-state index contributed by atoms with van der Waals surface area (Å²) < 4.78 is 7.79. The van der Waals surface area contributed by atoms with Crippen molar-refractivity contribution in [1.29, 1.82) is 0 Å². The minimum atomic E-state index is -0.165. The number of urea groups is 1. The molecule has 1 N–H and O–H groups in total. The van der Waals surface area contributed by atoms with Crippen molar-refractivity contribution in [2.75, 3.05) is 12.4 Å². The number of nitrogens with zero attached hydrogens (tertiary/aromatic N) is 3. The van der Waals surface area contributed by atoms with Crippen molar-refractivity contribution in [3.8, 4) is 5.75 Å². The Labute approximate surface area is 142 Å². The fourth-order valence-corrected chi connectivity index (χ4v) is 2.97. The summed E-state index contributed by atoms with van der Waals surface area (Å²) in [5, 5.41) is 7.07. The number of nitrogens with one attached hydrogen (secondary N) is 1. The van der Waals surface area contributed by atoms with E-state index in [-0.39, 0.29) is 12.1 Å². The first-order chi connectivity index (χ1) is 11.6. The molecule has 0 bridgehead atoms. The highest BCUT2D eigenvalue weighted by Crippen LogP contribution is 2.29. The maximum absolute atomic E-state index is 12.4. The second-order valence-corrected chi connectivity index (χ2v) is 6.33. The molecule has 1 aliphatic carbocycles. The zero-order valence-electron chi connectivity index (χ0n) is 14.2. The van der Waals surface area contributed by atoms with Crippen LogP contribution in [-0.2, 0) is 13.6 Å². The summed E-state index contributed by atoms with van der Waals surface area (Å²) in [4.78, 5) is 14.1. The number of para-hydroxylation sites is 2. The third-order valence-corrected chi connectivity index (χ3v) is 4.25.